The summed E-state index contributed by atoms with van der Waals surface area (Å²) in [5.74, 6) is -1.08. The molecule has 1 fully saturated rings. The number of carbonyl (C=O) groups excluding carboxylic acids is 2. The number of carbonyl (C=O) groups is 2. The van der Waals surface area contributed by atoms with E-state index in [1.54, 1.807) is 6.92 Å². The van der Waals surface area contributed by atoms with Crippen molar-refractivity contribution in [3.8, 4) is 0 Å². The average Bonchev–Trinajstić information content (AvgIpc) is 3.24. The molecule has 0 spiro atoms. The summed E-state index contributed by atoms with van der Waals surface area (Å²) in [7, 11) is -1.58. The van der Waals surface area contributed by atoms with Crippen LogP contribution >= 0.6 is 0 Å². The summed E-state index contributed by atoms with van der Waals surface area (Å²) in [6, 6.07) is 11.2. The lowest BCUT2D eigenvalue weighted by Crippen LogP contribution is -2.40. The van der Waals surface area contributed by atoms with Gasteiger partial charge in [-0.3, -0.25) is 4.79 Å². The number of fused-ring (bicyclic) bond motifs is 3. The predicted octanol–water partition coefficient (Wildman–Crippen LogP) is 2.70. The highest BCUT2D eigenvalue weighted by Crippen LogP contribution is 2.32. The van der Waals surface area contributed by atoms with Crippen molar-refractivity contribution in [2.24, 2.45) is 0 Å². The molecule has 29 heavy (non-hydrogen) atoms. The van der Waals surface area contributed by atoms with Gasteiger partial charge in [-0.1, -0.05) is 36.4 Å². The van der Waals surface area contributed by atoms with Crippen molar-refractivity contribution in [3.63, 3.8) is 0 Å². The zero-order valence-electron chi connectivity index (χ0n) is 16.2. The first-order valence-corrected chi connectivity index (χ1v) is 11.1. The van der Waals surface area contributed by atoms with Gasteiger partial charge in [0.2, 0.25) is 5.76 Å². The van der Waals surface area contributed by atoms with E-state index >= 15 is 0 Å². The van der Waals surface area contributed by atoms with Gasteiger partial charge in [-0.15, -0.1) is 0 Å². The van der Waals surface area contributed by atoms with Crippen LogP contribution in [0.15, 0.2) is 40.8 Å². The second-order valence-corrected chi connectivity index (χ2v) is 9.59. The van der Waals surface area contributed by atoms with Crippen molar-refractivity contribution in [2.45, 2.75) is 19.4 Å². The van der Waals surface area contributed by atoms with Crippen LogP contribution in [0, 0.1) is 6.92 Å². The lowest BCUT2D eigenvalue weighted by atomic mass is 10.1. The van der Waals surface area contributed by atoms with Crippen LogP contribution in [0.4, 0.5) is 0 Å². The molecule has 1 atom stereocenters. The minimum atomic E-state index is -3.10. The minimum Gasteiger partial charge on any atom is -0.450 e. The quantitative estimate of drug-likeness (QED) is 0.608. The molecule has 0 unspecified atom stereocenters. The molecule has 1 aromatic heterocycles. The van der Waals surface area contributed by atoms with Crippen LogP contribution in [0.2, 0.25) is 0 Å². The third kappa shape index (κ3) is 3.60. The zero-order chi connectivity index (χ0) is 20.8. The molecule has 0 radical (unpaired) electrons. The summed E-state index contributed by atoms with van der Waals surface area (Å²) in [4.78, 5) is 26.2. The van der Waals surface area contributed by atoms with Gasteiger partial charge in [0.15, 0.2) is 16.4 Å². The Kier molecular flexibility index (Phi) is 4.82. The largest absolute Gasteiger partial charge is 0.450 e. The van der Waals surface area contributed by atoms with Crippen LogP contribution in [-0.2, 0) is 19.4 Å². The number of nitrogens with zero attached hydrogens (tertiary/aromatic N) is 1. The average molecular weight is 415 g/mol. The normalized spacial score (nSPS) is 18.2. The number of hydrogen-bond acceptors (Lipinski definition) is 6. The number of benzene rings is 2. The molecule has 1 saturated heterocycles. The van der Waals surface area contributed by atoms with Gasteiger partial charge in [0.25, 0.3) is 5.91 Å². The van der Waals surface area contributed by atoms with Crippen LogP contribution in [-0.4, -0.2) is 56.4 Å². The fraction of sp³-hybridized carbons (Fsp3) is 0.333. The van der Waals surface area contributed by atoms with Crippen LogP contribution in [0.5, 0.6) is 0 Å². The number of ether oxygens (including phenoxy) is 1. The number of amides is 1. The Balaban J connectivity index is 1.50. The van der Waals surface area contributed by atoms with Gasteiger partial charge in [0, 0.05) is 29.4 Å². The molecule has 1 amide bonds. The second kappa shape index (κ2) is 7.18. The standard InChI is InChI=1S/C21H21NO6S/c1-13-16-8-7-14-5-3-4-6-17(14)20(16)28-19(13)21(24)27-11-18(23)22(2)15-9-10-29(25,26)12-15/h3-8,15H,9-12H2,1-2H3/t15-/m1/s1. The molecule has 0 aliphatic carbocycles. The third-order valence-electron chi connectivity index (χ3n) is 5.49. The third-order valence-corrected chi connectivity index (χ3v) is 7.24. The first kappa shape index (κ1) is 19.4. The number of sulfone groups is 1. The number of likely N-dealkylation sites (N-methyl/N-ethyl adjacent to an activating group) is 1. The molecule has 1 aliphatic rings. The van der Waals surface area contributed by atoms with Crippen LogP contribution in [0.1, 0.15) is 22.5 Å². The van der Waals surface area contributed by atoms with Gasteiger partial charge in [-0.2, -0.15) is 0 Å². The Bertz CT molecular complexity index is 1230. The van der Waals surface area contributed by atoms with Gasteiger partial charge in [0.05, 0.1) is 11.5 Å². The molecule has 8 heteroatoms. The Labute approximate surface area is 168 Å². The highest BCUT2D eigenvalue weighted by atomic mass is 32.2. The van der Waals surface area contributed by atoms with Crippen molar-refractivity contribution in [1.29, 1.82) is 0 Å². The van der Waals surface area contributed by atoms with Gasteiger partial charge < -0.3 is 14.1 Å². The zero-order valence-corrected chi connectivity index (χ0v) is 17.0. The van der Waals surface area contributed by atoms with E-state index in [2.05, 4.69) is 0 Å². The molecule has 4 rings (SSSR count). The summed E-state index contributed by atoms with van der Waals surface area (Å²) in [6.07, 6.45) is 0.397. The Morgan fingerprint density at radius 1 is 1.17 bits per heavy atom. The number of furan rings is 1. The van der Waals surface area contributed by atoms with Crippen LogP contribution in [0.25, 0.3) is 21.7 Å². The van der Waals surface area contributed by atoms with E-state index in [1.165, 1.54) is 11.9 Å². The maximum absolute atomic E-state index is 12.5. The molecule has 1 aliphatic heterocycles. The smallest absolute Gasteiger partial charge is 0.375 e. The fourth-order valence-electron chi connectivity index (χ4n) is 3.72. The van der Waals surface area contributed by atoms with Crippen molar-refractivity contribution < 1.29 is 27.2 Å². The molecule has 0 bridgehead atoms. The summed E-state index contributed by atoms with van der Waals surface area (Å²) >= 11 is 0. The number of aryl methyl sites for hydroxylation is 1. The first-order valence-electron chi connectivity index (χ1n) is 9.31. The number of esters is 1. The number of rotatable bonds is 4. The SMILES string of the molecule is Cc1c(C(=O)OCC(=O)N(C)[C@@H]2CCS(=O)(=O)C2)oc2c1ccc1ccccc12. The molecule has 7 nitrogen and oxygen atoms in total. The molecule has 0 N–H and O–H groups in total. The maximum atomic E-state index is 12.5. The van der Waals surface area contributed by atoms with Crippen molar-refractivity contribution >= 4 is 43.5 Å². The Morgan fingerprint density at radius 3 is 2.66 bits per heavy atom. The van der Waals surface area contributed by atoms with E-state index < -0.39 is 28.3 Å². The molecule has 3 aromatic rings. The highest BCUT2D eigenvalue weighted by molar-refractivity contribution is 7.91. The second-order valence-electron chi connectivity index (χ2n) is 7.36. The molecular weight excluding hydrogens is 394 g/mol. The summed E-state index contributed by atoms with van der Waals surface area (Å²) in [5, 5.41) is 2.71. The van der Waals surface area contributed by atoms with E-state index in [9.17, 15) is 18.0 Å². The van der Waals surface area contributed by atoms with Crippen molar-refractivity contribution in [3.05, 3.63) is 47.7 Å². The fourth-order valence-corrected chi connectivity index (χ4v) is 5.50. The first-order chi connectivity index (χ1) is 13.8. The van der Waals surface area contributed by atoms with Gasteiger partial charge in [-0.25, -0.2) is 13.2 Å². The van der Waals surface area contributed by atoms with Crippen molar-refractivity contribution in [1.82, 2.24) is 4.90 Å². The predicted molar refractivity (Wildman–Crippen MR) is 109 cm³/mol. The van der Waals surface area contributed by atoms with Gasteiger partial charge >= 0.3 is 5.97 Å². The summed E-state index contributed by atoms with van der Waals surface area (Å²) in [6.45, 7) is 1.30. The van der Waals surface area contributed by atoms with Gasteiger partial charge in [-0.05, 0) is 18.7 Å². The van der Waals surface area contributed by atoms with E-state index in [0.717, 1.165) is 16.2 Å². The van der Waals surface area contributed by atoms with Crippen LogP contribution in [0.3, 0.4) is 0 Å². The van der Waals surface area contributed by atoms with E-state index in [4.69, 9.17) is 9.15 Å². The summed E-state index contributed by atoms with van der Waals surface area (Å²) in [5.41, 5.74) is 1.26. The minimum absolute atomic E-state index is 0.0566. The highest BCUT2D eigenvalue weighted by Gasteiger charge is 2.33. The lowest BCUT2D eigenvalue weighted by Gasteiger charge is -2.23. The molecule has 2 heterocycles. The van der Waals surface area contributed by atoms with Crippen LogP contribution < -0.4 is 0 Å². The maximum Gasteiger partial charge on any atom is 0.375 e. The summed E-state index contributed by atoms with van der Waals surface area (Å²) < 4.78 is 34.2. The molecule has 152 valence electrons. The van der Waals surface area contributed by atoms with Crippen molar-refractivity contribution in [2.75, 3.05) is 25.2 Å². The Hall–Kier alpha value is -2.87. The Morgan fingerprint density at radius 2 is 1.93 bits per heavy atom. The number of hydrogen-bond donors (Lipinski definition) is 0. The van der Waals surface area contributed by atoms with Gasteiger partial charge in [0.1, 0.15) is 5.58 Å². The lowest BCUT2D eigenvalue weighted by molar-refractivity contribution is -0.134. The van der Waals surface area contributed by atoms with E-state index in [0.29, 0.717) is 17.6 Å². The molecule has 0 saturated carbocycles. The van der Waals surface area contributed by atoms with E-state index in [1.807, 2.05) is 36.4 Å². The molecular formula is C21H21NO6S. The monoisotopic (exact) mass is 415 g/mol. The topological polar surface area (TPSA) is 93.9 Å². The molecule has 2 aromatic carbocycles. The van der Waals surface area contributed by atoms with E-state index in [-0.39, 0.29) is 23.3 Å².